The van der Waals surface area contributed by atoms with Crippen molar-refractivity contribution in [3.8, 4) is 11.5 Å². The first-order valence-electron chi connectivity index (χ1n) is 10.4. The molecule has 3 rings (SSSR count). The van der Waals surface area contributed by atoms with Crippen molar-refractivity contribution in [2.24, 2.45) is 0 Å². The molecule has 0 atom stereocenters. The second kappa shape index (κ2) is 11.3. The molecule has 0 heterocycles. The molecule has 0 fully saturated rings. The van der Waals surface area contributed by atoms with E-state index in [2.05, 4.69) is 5.32 Å². The zero-order chi connectivity index (χ0) is 23.7. The molecule has 0 bridgehead atoms. The van der Waals surface area contributed by atoms with E-state index in [-0.39, 0.29) is 29.6 Å². The molecule has 0 aliphatic heterocycles. The van der Waals surface area contributed by atoms with Crippen LogP contribution >= 0.6 is 0 Å². The number of halogens is 1. The second-order valence-corrected chi connectivity index (χ2v) is 8.74. The molecule has 1 amide bonds. The Morgan fingerprint density at radius 2 is 1.61 bits per heavy atom. The lowest BCUT2D eigenvalue weighted by atomic mass is 10.3. The van der Waals surface area contributed by atoms with Gasteiger partial charge in [0.2, 0.25) is 5.91 Å². The summed E-state index contributed by atoms with van der Waals surface area (Å²) in [6.45, 7) is 1.96. The van der Waals surface area contributed by atoms with Gasteiger partial charge in [-0.05, 0) is 55.5 Å². The van der Waals surface area contributed by atoms with Crippen molar-refractivity contribution in [2.75, 3.05) is 30.6 Å². The molecule has 1 N–H and O–H groups in total. The molecule has 0 unspecified atom stereocenters. The van der Waals surface area contributed by atoms with Crippen LogP contribution in [0.1, 0.15) is 6.92 Å². The number of rotatable bonds is 11. The summed E-state index contributed by atoms with van der Waals surface area (Å²) in [5, 5.41) is 2.65. The van der Waals surface area contributed by atoms with Gasteiger partial charge in [0.1, 0.15) is 30.5 Å². The van der Waals surface area contributed by atoms with Gasteiger partial charge < -0.3 is 14.8 Å². The van der Waals surface area contributed by atoms with Crippen LogP contribution in [0.3, 0.4) is 0 Å². The summed E-state index contributed by atoms with van der Waals surface area (Å²) in [4.78, 5) is 12.7. The van der Waals surface area contributed by atoms with Gasteiger partial charge >= 0.3 is 0 Å². The van der Waals surface area contributed by atoms with Crippen molar-refractivity contribution in [1.82, 2.24) is 5.32 Å². The smallest absolute Gasteiger partial charge is 0.264 e. The van der Waals surface area contributed by atoms with E-state index in [1.807, 2.05) is 0 Å². The van der Waals surface area contributed by atoms with Gasteiger partial charge in [-0.15, -0.1) is 0 Å². The average Bonchev–Trinajstić information content (AvgIpc) is 2.83. The first-order valence-corrected chi connectivity index (χ1v) is 11.8. The van der Waals surface area contributed by atoms with Gasteiger partial charge in [0.25, 0.3) is 10.0 Å². The summed E-state index contributed by atoms with van der Waals surface area (Å²) in [6.07, 6.45) is 0. The van der Waals surface area contributed by atoms with Crippen molar-refractivity contribution < 1.29 is 27.1 Å². The molecule has 0 saturated heterocycles. The average molecular weight is 473 g/mol. The highest BCUT2D eigenvalue weighted by Gasteiger charge is 2.29. The standard InChI is InChI=1S/C24H25FN2O5S/c1-2-31-23-11-7-6-10-22(23)27(33(29,30)21-8-4-3-5-9-21)18-24(28)26-16-17-32-20-14-12-19(25)13-15-20/h3-15H,2,16-18H2,1H3,(H,26,28). The van der Waals surface area contributed by atoms with Gasteiger partial charge in [0.15, 0.2) is 0 Å². The van der Waals surface area contributed by atoms with Gasteiger partial charge in [0, 0.05) is 0 Å². The number of hydrogen-bond donors (Lipinski definition) is 1. The lowest BCUT2D eigenvalue weighted by Crippen LogP contribution is -2.42. The number of nitrogens with zero attached hydrogens (tertiary/aromatic N) is 1. The van der Waals surface area contributed by atoms with Gasteiger partial charge in [-0.3, -0.25) is 9.10 Å². The van der Waals surface area contributed by atoms with Gasteiger partial charge in [-0.1, -0.05) is 30.3 Å². The van der Waals surface area contributed by atoms with Crippen molar-refractivity contribution in [3.63, 3.8) is 0 Å². The van der Waals surface area contributed by atoms with Crippen LogP contribution in [0, 0.1) is 5.82 Å². The van der Waals surface area contributed by atoms with Crippen LogP contribution < -0.4 is 19.1 Å². The maximum atomic E-state index is 13.4. The molecule has 0 radical (unpaired) electrons. The molecular formula is C24H25FN2O5S. The Morgan fingerprint density at radius 1 is 0.939 bits per heavy atom. The fourth-order valence-electron chi connectivity index (χ4n) is 3.04. The van der Waals surface area contributed by atoms with Crippen LogP contribution in [0.5, 0.6) is 11.5 Å². The number of benzene rings is 3. The Bertz CT molecular complexity index is 1150. The van der Waals surface area contributed by atoms with E-state index in [1.165, 1.54) is 36.4 Å². The predicted molar refractivity (Wildman–Crippen MR) is 123 cm³/mol. The quantitative estimate of drug-likeness (QED) is 0.431. The van der Waals surface area contributed by atoms with E-state index in [1.54, 1.807) is 49.4 Å². The Morgan fingerprint density at radius 3 is 2.30 bits per heavy atom. The van der Waals surface area contributed by atoms with Crippen LogP contribution in [0.25, 0.3) is 0 Å². The van der Waals surface area contributed by atoms with E-state index >= 15 is 0 Å². The number of hydrogen-bond acceptors (Lipinski definition) is 5. The summed E-state index contributed by atoms with van der Waals surface area (Å²) in [6, 6.07) is 20.1. The predicted octanol–water partition coefficient (Wildman–Crippen LogP) is 3.61. The molecule has 0 saturated carbocycles. The second-order valence-electron chi connectivity index (χ2n) is 6.88. The summed E-state index contributed by atoms with van der Waals surface area (Å²) < 4.78 is 51.9. The van der Waals surface area contributed by atoms with Crippen LogP contribution in [0.2, 0.25) is 0 Å². The maximum absolute atomic E-state index is 13.4. The molecule has 0 spiro atoms. The van der Waals surface area contributed by atoms with Crippen molar-refractivity contribution in [2.45, 2.75) is 11.8 Å². The topological polar surface area (TPSA) is 84.9 Å². The SMILES string of the molecule is CCOc1ccccc1N(CC(=O)NCCOc1ccc(F)cc1)S(=O)(=O)c1ccccc1. The number of para-hydroxylation sites is 2. The van der Waals surface area contributed by atoms with Crippen LogP contribution in [-0.4, -0.2) is 40.6 Å². The Labute approximate surface area is 192 Å². The number of sulfonamides is 1. The number of ether oxygens (including phenoxy) is 2. The summed E-state index contributed by atoms with van der Waals surface area (Å²) in [5.74, 6) is -0.0669. The number of nitrogens with one attached hydrogen (secondary N) is 1. The molecule has 7 nitrogen and oxygen atoms in total. The number of carbonyl (C=O) groups excluding carboxylic acids is 1. The number of carbonyl (C=O) groups is 1. The largest absolute Gasteiger partial charge is 0.492 e. The molecule has 0 aromatic heterocycles. The molecule has 0 aliphatic carbocycles. The van der Waals surface area contributed by atoms with E-state index in [0.29, 0.717) is 18.1 Å². The van der Waals surface area contributed by atoms with Gasteiger partial charge in [-0.2, -0.15) is 0 Å². The highest BCUT2D eigenvalue weighted by atomic mass is 32.2. The lowest BCUT2D eigenvalue weighted by molar-refractivity contribution is -0.119. The first-order chi connectivity index (χ1) is 15.9. The molecule has 0 aliphatic rings. The number of anilines is 1. The molecule has 3 aromatic rings. The van der Waals surface area contributed by atoms with Gasteiger partial charge in [-0.25, -0.2) is 12.8 Å². The van der Waals surface area contributed by atoms with E-state index < -0.39 is 22.5 Å². The van der Waals surface area contributed by atoms with Crippen LogP contribution in [0.4, 0.5) is 10.1 Å². The third kappa shape index (κ3) is 6.45. The maximum Gasteiger partial charge on any atom is 0.264 e. The minimum atomic E-state index is -4.04. The third-order valence-electron chi connectivity index (χ3n) is 4.56. The van der Waals surface area contributed by atoms with Crippen LogP contribution in [-0.2, 0) is 14.8 Å². The molecular weight excluding hydrogens is 447 g/mol. The summed E-state index contributed by atoms with van der Waals surface area (Å²) >= 11 is 0. The normalized spacial score (nSPS) is 11.0. The Hall–Kier alpha value is -3.59. The third-order valence-corrected chi connectivity index (χ3v) is 6.33. The molecule has 3 aromatic carbocycles. The minimum Gasteiger partial charge on any atom is -0.492 e. The van der Waals surface area contributed by atoms with Crippen LogP contribution in [0.15, 0.2) is 83.8 Å². The van der Waals surface area contributed by atoms with Crippen molar-refractivity contribution in [3.05, 3.63) is 84.7 Å². The monoisotopic (exact) mass is 472 g/mol. The van der Waals surface area contributed by atoms with E-state index in [4.69, 9.17) is 9.47 Å². The molecule has 9 heteroatoms. The fraction of sp³-hybridized carbons (Fsp3) is 0.208. The minimum absolute atomic E-state index is 0.0590. The van der Waals surface area contributed by atoms with Crippen molar-refractivity contribution in [1.29, 1.82) is 0 Å². The lowest BCUT2D eigenvalue weighted by Gasteiger charge is -2.26. The molecule has 33 heavy (non-hydrogen) atoms. The first kappa shape index (κ1) is 24.1. The number of amides is 1. The van der Waals surface area contributed by atoms with E-state index in [9.17, 15) is 17.6 Å². The fourth-order valence-corrected chi connectivity index (χ4v) is 4.49. The zero-order valence-corrected chi connectivity index (χ0v) is 18.9. The van der Waals surface area contributed by atoms with E-state index in [0.717, 1.165) is 4.31 Å². The highest BCUT2D eigenvalue weighted by Crippen LogP contribution is 2.32. The molecule has 174 valence electrons. The summed E-state index contributed by atoms with van der Waals surface area (Å²) in [7, 11) is -4.04. The van der Waals surface area contributed by atoms with Crippen molar-refractivity contribution >= 4 is 21.6 Å². The Kier molecular flexibility index (Phi) is 8.26. The Balaban J connectivity index is 1.74. The van der Waals surface area contributed by atoms with Gasteiger partial charge in [0.05, 0.1) is 23.7 Å². The highest BCUT2D eigenvalue weighted by molar-refractivity contribution is 7.92. The zero-order valence-electron chi connectivity index (χ0n) is 18.1. The summed E-state index contributed by atoms with van der Waals surface area (Å²) in [5.41, 5.74) is 0.265.